The molecular weight excluding hydrogens is 464 g/mol. The molecule has 9 nitrogen and oxygen atoms in total. The standard InChI is InChI=1S/C27H44N2O7/c1-8-24(4)15-18(31)27(34)25(5)17(30)9-10-23(2,3)21(25)20(33)22(26(27,6)36-24)35-19(32)16-29-13-11-28(7)12-14-29/h8,17,20-22,30,33-34H,1,9-16H2,2-7H3/t17-,20?,21?,22?,24-,25?,26+,27-/m0/s1. The fourth-order valence-corrected chi connectivity index (χ4v) is 7.85. The van der Waals surface area contributed by atoms with Gasteiger partial charge in [0.25, 0.3) is 0 Å². The average Bonchev–Trinajstić information content (AvgIpc) is 2.79. The average molecular weight is 509 g/mol. The SMILES string of the molecule is C=C[C@@]1(C)CC(=O)[C@]2(O)C3(C)C(C(O)C(OC(=O)CN4CCN(C)CC4)[C@@]2(C)O1)C(C)(C)CC[C@@H]3O. The highest BCUT2D eigenvalue weighted by Crippen LogP contribution is 2.67. The summed E-state index contributed by atoms with van der Waals surface area (Å²) in [6, 6.07) is 0. The quantitative estimate of drug-likeness (QED) is 0.373. The zero-order chi connectivity index (χ0) is 26.9. The highest BCUT2D eigenvalue weighted by atomic mass is 16.6. The summed E-state index contributed by atoms with van der Waals surface area (Å²) in [6.07, 6.45) is -1.35. The molecule has 2 saturated heterocycles. The summed E-state index contributed by atoms with van der Waals surface area (Å²) in [5, 5.41) is 35.7. The van der Waals surface area contributed by atoms with Gasteiger partial charge in [0.1, 0.15) is 5.60 Å². The number of rotatable bonds is 4. The lowest BCUT2D eigenvalue weighted by Crippen LogP contribution is -2.86. The molecule has 8 atom stereocenters. The molecule has 0 bridgehead atoms. The van der Waals surface area contributed by atoms with E-state index in [1.807, 2.05) is 25.8 Å². The lowest BCUT2D eigenvalue weighted by molar-refractivity contribution is -0.370. The van der Waals surface area contributed by atoms with E-state index in [4.69, 9.17) is 9.47 Å². The first kappa shape index (κ1) is 27.7. The molecule has 2 aliphatic carbocycles. The number of ether oxygens (including phenoxy) is 2. The van der Waals surface area contributed by atoms with Gasteiger partial charge in [-0.25, -0.2) is 0 Å². The van der Waals surface area contributed by atoms with Crippen molar-refractivity contribution in [3.05, 3.63) is 12.7 Å². The van der Waals surface area contributed by atoms with E-state index in [0.29, 0.717) is 25.9 Å². The van der Waals surface area contributed by atoms with Crippen LogP contribution in [0.1, 0.15) is 53.9 Å². The Morgan fingerprint density at radius 3 is 2.36 bits per heavy atom. The van der Waals surface area contributed by atoms with Crippen molar-refractivity contribution >= 4 is 11.8 Å². The van der Waals surface area contributed by atoms with Gasteiger partial charge in [-0.2, -0.15) is 0 Å². The fraction of sp³-hybridized carbons (Fsp3) is 0.852. The van der Waals surface area contributed by atoms with Gasteiger partial charge in [-0.05, 0) is 39.2 Å². The Morgan fingerprint density at radius 2 is 1.78 bits per heavy atom. The number of aliphatic hydroxyl groups excluding tert-OH is 2. The fourth-order valence-electron chi connectivity index (χ4n) is 7.85. The van der Waals surface area contributed by atoms with Crippen LogP contribution in [0.25, 0.3) is 0 Å². The molecule has 2 saturated carbocycles. The first-order valence-corrected chi connectivity index (χ1v) is 13.1. The molecule has 9 heteroatoms. The van der Waals surface area contributed by atoms with E-state index in [1.165, 1.54) is 13.0 Å². The van der Waals surface area contributed by atoms with Gasteiger partial charge in [0.15, 0.2) is 17.5 Å². The Kier molecular flexibility index (Phi) is 6.80. The molecule has 36 heavy (non-hydrogen) atoms. The summed E-state index contributed by atoms with van der Waals surface area (Å²) in [4.78, 5) is 31.3. The molecule has 0 spiro atoms. The Labute approximate surface area is 214 Å². The molecule has 2 aliphatic heterocycles. The first-order valence-electron chi connectivity index (χ1n) is 13.1. The van der Waals surface area contributed by atoms with Crippen molar-refractivity contribution in [2.45, 2.75) is 89.0 Å². The zero-order valence-corrected chi connectivity index (χ0v) is 22.6. The second-order valence-corrected chi connectivity index (χ2v) is 12.8. The highest BCUT2D eigenvalue weighted by molar-refractivity contribution is 5.92. The number of piperazine rings is 1. The smallest absolute Gasteiger partial charge is 0.320 e. The van der Waals surface area contributed by atoms with Gasteiger partial charge in [-0.3, -0.25) is 14.5 Å². The number of aliphatic hydroxyl groups is 3. The van der Waals surface area contributed by atoms with Crippen LogP contribution in [0.3, 0.4) is 0 Å². The Bertz CT molecular complexity index is 918. The number of carbonyl (C=O) groups excluding carboxylic acids is 2. The maximum absolute atomic E-state index is 13.9. The van der Waals surface area contributed by atoms with Crippen LogP contribution in [0.2, 0.25) is 0 Å². The van der Waals surface area contributed by atoms with Crippen molar-refractivity contribution in [3.63, 3.8) is 0 Å². The topological polar surface area (TPSA) is 120 Å². The number of hydrogen-bond acceptors (Lipinski definition) is 9. The number of Topliss-reactive ketones (excluding diaryl/α,β-unsaturated/α-hetero) is 1. The Hall–Kier alpha value is -1.36. The van der Waals surface area contributed by atoms with Crippen LogP contribution in [0, 0.1) is 16.7 Å². The van der Waals surface area contributed by atoms with Crippen LogP contribution < -0.4 is 0 Å². The van der Waals surface area contributed by atoms with Gasteiger partial charge >= 0.3 is 5.97 Å². The molecule has 0 aromatic carbocycles. The van der Waals surface area contributed by atoms with Gasteiger partial charge in [0, 0.05) is 43.9 Å². The first-order chi connectivity index (χ1) is 16.6. The van der Waals surface area contributed by atoms with Crippen LogP contribution in [0.15, 0.2) is 12.7 Å². The summed E-state index contributed by atoms with van der Waals surface area (Å²) in [5.74, 6) is -1.78. The lowest BCUT2D eigenvalue weighted by atomic mass is 9.40. The maximum Gasteiger partial charge on any atom is 0.320 e. The van der Waals surface area contributed by atoms with E-state index in [9.17, 15) is 24.9 Å². The van der Waals surface area contributed by atoms with Gasteiger partial charge in [0.2, 0.25) is 0 Å². The van der Waals surface area contributed by atoms with Crippen LogP contribution in [0.4, 0.5) is 0 Å². The molecule has 0 amide bonds. The number of nitrogens with zero attached hydrogens (tertiary/aromatic N) is 2. The predicted octanol–water partition coefficient (Wildman–Crippen LogP) is 0.747. The summed E-state index contributed by atoms with van der Waals surface area (Å²) in [6.45, 7) is 15.7. The zero-order valence-electron chi connectivity index (χ0n) is 22.6. The second kappa shape index (κ2) is 8.85. The summed E-state index contributed by atoms with van der Waals surface area (Å²) in [7, 11) is 2.03. The third kappa shape index (κ3) is 3.81. The van der Waals surface area contributed by atoms with E-state index in [2.05, 4.69) is 11.5 Å². The van der Waals surface area contributed by atoms with Gasteiger partial charge < -0.3 is 29.7 Å². The van der Waals surface area contributed by atoms with Crippen LogP contribution in [-0.4, -0.2) is 112 Å². The van der Waals surface area contributed by atoms with E-state index in [-0.39, 0.29) is 13.0 Å². The van der Waals surface area contributed by atoms with Crippen LogP contribution in [0.5, 0.6) is 0 Å². The molecule has 0 radical (unpaired) electrons. The minimum atomic E-state index is -2.21. The van der Waals surface area contributed by atoms with E-state index in [1.54, 1.807) is 13.8 Å². The van der Waals surface area contributed by atoms with E-state index >= 15 is 0 Å². The Balaban J connectivity index is 1.78. The molecule has 0 aromatic rings. The lowest BCUT2D eigenvalue weighted by Gasteiger charge is -2.71. The number of carbonyl (C=O) groups is 2. The Morgan fingerprint density at radius 1 is 1.17 bits per heavy atom. The monoisotopic (exact) mass is 508 g/mol. The largest absolute Gasteiger partial charge is 0.455 e. The third-order valence-electron chi connectivity index (χ3n) is 9.93. The van der Waals surface area contributed by atoms with Crippen molar-refractivity contribution < 1.29 is 34.4 Å². The number of likely N-dealkylation sites (N-methyl/N-ethyl adjacent to an activating group) is 1. The van der Waals surface area contributed by atoms with Crippen molar-refractivity contribution in [2.75, 3.05) is 39.8 Å². The normalized spacial score (nSPS) is 47.5. The summed E-state index contributed by atoms with van der Waals surface area (Å²) < 4.78 is 12.4. The van der Waals surface area contributed by atoms with Crippen molar-refractivity contribution in [1.82, 2.24) is 9.80 Å². The number of fused-ring (bicyclic) bond motifs is 3. The van der Waals surface area contributed by atoms with Crippen molar-refractivity contribution in [1.29, 1.82) is 0 Å². The van der Waals surface area contributed by atoms with E-state index in [0.717, 1.165) is 13.1 Å². The maximum atomic E-state index is 13.9. The minimum Gasteiger partial charge on any atom is -0.455 e. The third-order valence-corrected chi connectivity index (χ3v) is 9.93. The molecular formula is C27H44N2O7. The molecule has 4 unspecified atom stereocenters. The van der Waals surface area contributed by atoms with Crippen molar-refractivity contribution in [2.24, 2.45) is 16.7 Å². The van der Waals surface area contributed by atoms with Crippen molar-refractivity contribution in [3.8, 4) is 0 Å². The summed E-state index contributed by atoms with van der Waals surface area (Å²) >= 11 is 0. The highest BCUT2D eigenvalue weighted by Gasteiger charge is 2.81. The molecule has 4 aliphatic rings. The minimum absolute atomic E-state index is 0.0339. The van der Waals surface area contributed by atoms with Gasteiger partial charge in [-0.1, -0.05) is 26.8 Å². The molecule has 204 valence electrons. The van der Waals surface area contributed by atoms with Crippen LogP contribution in [-0.2, 0) is 19.1 Å². The molecule has 0 aromatic heterocycles. The van der Waals surface area contributed by atoms with E-state index < -0.39 is 63.6 Å². The molecule has 2 heterocycles. The predicted molar refractivity (Wildman–Crippen MR) is 133 cm³/mol. The number of ketones is 1. The molecule has 3 N–H and O–H groups in total. The number of hydrogen-bond donors (Lipinski definition) is 3. The van der Waals surface area contributed by atoms with Gasteiger partial charge in [0.05, 0.1) is 24.4 Å². The number of esters is 1. The summed E-state index contributed by atoms with van der Waals surface area (Å²) in [5.41, 5.74) is -7.14. The van der Waals surface area contributed by atoms with Crippen LogP contribution >= 0.6 is 0 Å². The second-order valence-electron chi connectivity index (χ2n) is 12.8. The van der Waals surface area contributed by atoms with Gasteiger partial charge in [-0.15, -0.1) is 6.58 Å². The molecule has 4 rings (SSSR count). The molecule has 4 fully saturated rings.